The minimum Gasteiger partial charge on any atom is -0.472 e. The maximum Gasteiger partial charge on any atom is 0.335 e. The maximum absolute atomic E-state index is 13.7. The molecule has 0 amide bonds. The number of ether oxygens (including phenoxy) is 3. The molecule has 3 saturated carbocycles. The second-order valence-electron chi connectivity index (χ2n) is 12.6. The first-order valence-electron chi connectivity index (χ1n) is 12.9. The highest BCUT2D eigenvalue weighted by molar-refractivity contribution is 5.86. The van der Waals surface area contributed by atoms with Crippen LogP contribution in [0.15, 0.2) is 23.0 Å². The number of aliphatic hydroxyl groups excluding tert-OH is 2. The largest absolute Gasteiger partial charge is 0.472 e. The van der Waals surface area contributed by atoms with Gasteiger partial charge < -0.3 is 33.9 Å². The van der Waals surface area contributed by atoms with Crippen LogP contribution in [-0.4, -0.2) is 63.7 Å². The molecule has 1 spiro atoms. The number of cyclic esters (lactones) is 1. The normalized spacial score (nSPS) is 51.1. The highest BCUT2D eigenvalue weighted by Gasteiger charge is 2.85. The molecule has 202 valence electrons. The molecule has 6 aliphatic rings. The Labute approximate surface area is 214 Å². The van der Waals surface area contributed by atoms with Gasteiger partial charge in [-0.2, -0.15) is 0 Å². The van der Waals surface area contributed by atoms with E-state index in [0.29, 0.717) is 18.4 Å². The quantitative estimate of drug-likeness (QED) is 0.504. The standard InChI is InChI=1S/C27H34O10/c1-23-7-5-15-25(3)19(18(30)22(32)34-4)24(2)12-27(25,33)37-26(15,10-14(28)20(24)31)16(23)9-17(29)36-21(23)13-6-8-35-11-13/h6,8,11,15-16,18-21,30-31,33H,5,7,9-10,12H2,1-4H3. The summed E-state index contributed by atoms with van der Waals surface area (Å²) in [4.78, 5) is 39.3. The number of Topliss-reactive ketones (excluding diaryl/α,β-unsaturated/α-hetero) is 1. The van der Waals surface area contributed by atoms with Crippen molar-refractivity contribution in [1.82, 2.24) is 0 Å². The molecule has 4 heterocycles. The van der Waals surface area contributed by atoms with E-state index in [9.17, 15) is 29.7 Å². The molecule has 10 nitrogen and oxygen atoms in total. The molecule has 0 radical (unpaired) electrons. The number of hydrogen-bond acceptors (Lipinski definition) is 10. The number of hydrogen-bond donors (Lipinski definition) is 3. The minimum atomic E-state index is -1.86. The van der Waals surface area contributed by atoms with Gasteiger partial charge in [0.1, 0.15) is 12.2 Å². The topological polar surface area (TPSA) is 153 Å². The van der Waals surface area contributed by atoms with Gasteiger partial charge in [0.05, 0.1) is 31.7 Å². The summed E-state index contributed by atoms with van der Waals surface area (Å²) in [5.41, 5.74) is -3.84. The van der Waals surface area contributed by atoms with Crippen molar-refractivity contribution >= 4 is 17.7 Å². The number of carbonyl (C=O) groups is 3. The van der Waals surface area contributed by atoms with Gasteiger partial charge in [0.25, 0.3) is 0 Å². The van der Waals surface area contributed by atoms with E-state index in [2.05, 4.69) is 0 Å². The molecule has 3 saturated heterocycles. The van der Waals surface area contributed by atoms with Gasteiger partial charge in [-0.15, -0.1) is 0 Å². The van der Waals surface area contributed by atoms with Crippen molar-refractivity contribution in [3.63, 3.8) is 0 Å². The molecule has 10 heteroatoms. The SMILES string of the molecule is COC(=O)C(O)C1C2(C)CC3(O)OC4(CC(=O)C2O)C2CC(=O)OC(c5ccoc5)C2(C)CCC4C13C. The summed E-state index contributed by atoms with van der Waals surface area (Å²) in [5, 5.41) is 34.9. The first-order chi connectivity index (χ1) is 17.3. The van der Waals surface area contributed by atoms with E-state index in [4.69, 9.17) is 18.6 Å². The number of carbonyl (C=O) groups excluding carboxylic acids is 3. The Morgan fingerprint density at radius 3 is 2.57 bits per heavy atom. The van der Waals surface area contributed by atoms with Gasteiger partial charge in [0.2, 0.25) is 0 Å². The summed E-state index contributed by atoms with van der Waals surface area (Å²) in [7, 11) is 1.16. The molecule has 11 unspecified atom stereocenters. The third-order valence-corrected chi connectivity index (χ3v) is 11.1. The molecule has 0 aromatic carbocycles. The number of esters is 2. The molecule has 1 aromatic rings. The van der Waals surface area contributed by atoms with Gasteiger partial charge in [-0.3, -0.25) is 9.59 Å². The molecular formula is C27H34O10. The monoisotopic (exact) mass is 518 g/mol. The van der Waals surface area contributed by atoms with Crippen molar-refractivity contribution in [3.05, 3.63) is 24.2 Å². The van der Waals surface area contributed by atoms with Gasteiger partial charge in [-0.25, -0.2) is 4.79 Å². The first kappa shape index (κ1) is 25.0. The lowest BCUT2D eigenvalue weighted by Crippen LogP contribution is -2.65. The summed E-state index contributed by atoms with van der Waals surface area (Å²) in [6.07, 6.45) is -0.163. The Morgan fingerprint density at radius 1 is 1.19 bits per heavy atom. The molecule has 6 fully saturated rings. The summed E-state index contributed by atoms with van der Waals surface area (Å²) in [6, 6.07) is 1.75. The lowest BCUT2D eigenvalue weighted by Gasteiger charge is -2.61. The van der Waals surface area contributed by atoms with Crippen LogP contribution < -0.4 is 0 Å². The number of rotatable bonds is 3. The average Bonchev–Trinajstić information content (AvgIpc) is 3.47. The van der Waals surface area contributed by atoms with Crippen LogP contribution in [0.4, 0.5) is 0 Å². The third-order valence-electron chi connectivity index (χ3n) is 11.1. The molecule has 4 bridgehead atoms. The van der Waals surface area contributed by atoms with Crippen LogP contribution in [0.5, 0.6) is 0 Å². The average molecular weight is 519 g/mol. The van der Waals surface area contributed by atoms with E-state index < -0.39 is 81.4 Å². The van der Waals surface area contributed by atoms with Crippen molar-refractivity contribution < 1.29 is 48.3 Å². The zero-order chi connectivity index (χ0) is 26.8. The zero-order valence-electron chi connectivity index (χ0n) is 21.4. The zero-order valence-corrected chi connectivity index (χ0v) is 21.4. The van der Waals surface area contributed by atoms with Gasteiger partial charge in [-0.1, -0.05) is 20.8 Å². The highest BCUT2D eigenvalue weighted by Crippen LogP contribution is 2.78. The third kappa shape index (κ3) is 2.77. The number of methoxy groups -OCH3 is 1. The Morgan fingerprint density at radius 2 is 1.92 bits per heavy atom. The minimum absolute atomic E-state index is 0.0294. The molecule has 3 N–H and O–H groups in total. The van der Waals surface area contributed by atoms with Gasteiger partial charge in [0, 0.05) is 46.5 Å². The summed E-state index contributed by atoms with van der Waals surface area (Å²) in [6.45, 7) is 5.40. The Balaban J connectivity index is 1.56. The van der Waals surface area contributed by atoms with E-state index in [-0.39, 0.29) is 19.3 Å². The van der Waals surface area contributed by atoms with Crippen molar-refractivity contribution in [1.29, 1.82) is 0 Å². The molecule has 7 rings (SSSR count). The van der Waals surface area contributed by atoms with Gasteiger partial charge in [0.15, 0.2) is 17.7 Å². The second-order valence-corrected chi connectivity index (χ2v) is 12.6. The number of furan rings is 1. The van der Waals surface area contributed by atoms with Crippen LogP contribution in [0, 0.1) is 34.0 Å². The molecule has 11 atom stereocenters. The molecule has 1 aromatic heterocycles. The molecule has 3 aliphatic heterocycles. The highest BCUT2D eigenvalue weighted by atomic mass is 16.7. The number of fused-ring (bicyclic) bond motifs is 3. The Kier molecular flexibility index (Phi) is 5.03. The fourth-order valence-corrected chi connectivity index (χ4v) is 9.62. The van der Waals surface area contributed by atoms with Crippen LogP contribution in [0.2, 0.25) is 0 Å². The lowest BCUT2D eigenvalue weighted by molar-refractivity contribution is -0.288. The van der Waals surface area contributed by atoms with E-state index >= 15 is 0 Å². The molecular weight excluding hydrogens is 484 g/mol. The van der Waals surface area contributed by atoms with Crippen molar-refractivity contribution in [3.8, 4) is 0 Å². The summed E-state index contributed by atoms with van der Waals surface area (Å²) < 4.78 is 22.7. The van der Waals surface area contributed by atoms with E-state index in [0.717, 1.165) is 7.11 Å². The van der Waals surface area contributed by atoms with Crippen LogP contribution in [-0.2, 0) is 28.6 Å². The number of aliphatic hydroxyl groups is 3. The molecule has 37 heavy (non-hydrogen) atoms. The van der Waals surface area contributed by atoms with Crippen LogP contribution in [0.1, 0.15) is 64.5 Å². The van der Waals surface area contributed by atoms with Crippen molar-refractivity contribution in [2.45, 2.75) is 82.6 Å². The lowest BCUT2D eigenvalue weighted by atomic mass is 9.45. The summed E-state index contributed by atoms with van der Waals surface area (Å²) in [5.74, 6) is -5.76. The Hall–Kier alpha value is -2.27. The van der Waals surface area contributed by atoms with Crippen LogP contribution >= 0.6 is 0 Å². The van der Waals surface area contributed by atoms with E-state index in [1.165, 1.54) is 12.5 Å². The van der Waals surface area contributed by atoms with Crippen LogP contribution in [0.25, 0.3) is 0 Å². The fraction of sp³-hybridized carbons (Fsp3) is 0.741. The smallest absolute Gasteiger partial charge is 0.335 e. The predicted octanol–water partition coefficient (Wildman–Crippen LogP) is 1.66. The first-order valence-corrected chi connectivity index (χ1v) is 12.9. The van der Waals surface area contributed by atoms with Crippen LogP contribution in [0.3, 0.4) is 0 Å². The summed E-state index contributed by atoms with van der Waals surface area (Å²) >= 11 is 0. The second kappa shape index (κ2) is 7.43. The van der Waals surface area contributed by atoms with Gasteiger partial charge in [-0.05, 0) is 24.8 Å². The Bertz CT molecular complexity index is 1160. The van der Waals surface area contributed by atoms with Gasteiger partial charge >= 0.3 is 11.9 Å². The molecule has 3 aliphatic carbocycles. The van der Waals surface area contributed by atoms with Crippen molar-refractivity contribution in [2.75, 3.05) is 7.11 Å². The fourth-order valence-electron chi connectivity index (χ4n) is 9.62. The van der Waals surface area contributed by atoms with E-state index in [1.807, 2.05) is 6.92 Å². The van der Waals surface area contributed by atoms with E-state index in [1.54, 1.807) is 19.9 Å². The predicted molar refractivity (Wildman–Crippen MR) is 123 cm³/mol. The number of ketones is 1. The van der Waals surface area contributed by atoms with Crippen molar-refractivity contribution in [2.24, 2.45) is 34.0 Å². The maximum atomic E-state index is 13.7.